The maximum atomic E-state index is 11.9. The van der Waals surface area contributed by atoms with E-state index in [1.165, 1.54) is 24.3 Å². The number of hydrogen-bond donors (Lipinski definition) is 2. The van der Waals surface area contributed by atoms with E-state index >= 15 is 0 Å². The Kier molecular flexibility index (Phi) is 3.99. The Morgan fingerprint density at radius 2 is 1.85 bits per heavy atom. The molecular weight excluding hydrogens is 330 g/mol. The van der Waals surface area contributed by atoms with Crippen LogP contribution in [0.25, 0.3) is 0 Å². The van der Waals surface area contributed by atoms with Crippen LogP contribution in [0.15, 0.2) is 50.3 Å². The molecule has 0 fully saturated rings. The Morgan fingerprint density at radius 1 is 1.15 bits per heavy atom. The highest BCUT2D eigenvalue weighted by Crippen LogP contribution is 2.24. The van der Waals surface area contributed by atoms with E-state index in [0.717, 1.165) is 12.3 Å². The predicted molar refractivity (Wildman–Crippen MR) is 74.0 cm³/mol. The first-order chi connectivity index (χ1) is 9.47. The first-order valence-electron chi connectivity index (χ1n) is 5.40. The zero-order valence-corrected chi connectivity index (χ0v) is 11.5. The lowest BCUT2D eigenvalue weighted by atomic mass is 10.2. The highest BCUT2D eigenvalue weighted by Gasteiger charge is 2.11. The number of carboxylic acid groups (broad SMARTS) is 1. The molecule has 7 heteroatoms. The van der Waals surface area contributed by atoms with E-state index in [9.17, 15) is 14.4 Å². The zero-order valence-electron chi connectivity index (χ0n) is 9.92. The number of carbonyl (C=O) groups is 2. The summed E-state index contributed by atoms with van der Waals surface area (Å²) < 4.78 is 5.03. The monoisotopic (exact) mass is 337 g/mol. The number of anilines is 1. The minimum absolute atomic E-state index is 0.0978. The number of rotatable bonds is 3. The van der Waals surface area contributed by atoms with E-state index in [1.807, 2.05) is 0 Å². The Balaban J connectivity index is 2.21. The van der Waals surface area contributed by atoms with Gasteiger partial charge in [-0.3, -0.25) is 4.79 Å². The van der Waals surface area contributed by atoms with E-state index < -0.39 is 17.5 Å². The van der Waals surface area contributed by atoms with E-state index in [0.29, 0.717) is 10.2 Å². The number of hydrogen-bond acceptors (Lipinski definition) is 4. The molecule has 0 aliphatic heterocycles. The quantitative estimate of drug-likeness (QED) is 0.895. The van der Waals surface area contributed by atoms with Gasteiger partial charge in [0.2, 0.25) is 0 Å². The first kappa shape index (κ1) is 14.0. The third-order valence-electron chi connectivity index (χ3n) is 2.43. The number of benzene rings is 1. The molecule has 0 atom stereocenters. The molecule has 0 aliphatic carbocycles. The minimum Gasteiger partial charge on any atom is -0.478 e. The molecule has 0 saturated carbocycles. The third kappa shape index (κ3) is 3.12. The van der Waals surface area contributed by atoms with Crippen LogP contribution in [0, 0.1) is 0 Å². The summed E-state index contributed by atoms with van der Waals surface area (Å²) in [6, 6.07) is 6.68. The molecular formula is C13H8BrNO5. The van der Waals surface area contributed by atoms with Crippen LogP contribution in [-0.2, 0) is 0 Å². The minimum atomic E-state index is -1.06. The summed E-state index contributed by atoms with van der Waals surface area (Å²) in [5.74, 6) is -1.54. The van der Waals surface area contributed by atoms with Crippen LogP contribution in [0.1, 0.15) is 20.7 Å². The van der Waals surface area contributed by atoms with Crippen molar-refractivity contribution in [3.8, 4) is 0 Å². The van der Waals surface area contributed by atoms with Crippen LogP contribution in [0.3, 0.4) is 0 Å². The normalized spacial score (nSPS) is 10.1. The molecule has 0 spiro atoms. The number of halogens is 1. The van der Waals surface area contributed by atoms with Gasteiger partial charge in [-0.25, -0.2) is 9.59 Å². The zero-order chi connectivity index (χ0) is 14.7. The van der Waals surface area contributed by atoms with Gasteiger partial charge in [-0.05, 0) is 40.2 Å². The number of nitrogens with one attached hydrogen (secondary N) is 1. The van der Waals surface area contributed by atoms with Crippen molar-refractivity contribution in [3.05, 3.63) is 62.6 Å². The van der Waals surface area contributed by atoms with Gasteiger partial charge >= 0.3 is 11.6 Å². The van der Waals surface area contributed by atoms with E-state index in [1.54, 1.807) is 0 Å². The lowest BCUT2D eigenvalue weighted by Crippen LogP contribution is -2.13. The molecule has 0 bridgehead atoms. The lowest BCUT2D eigenvalue weighted by molar-refractivity contribution is 0.0696. The van der Waals surface area contributed by atoms with E-state index in [4.69, 9.17) is 5.11 Å². The SMILES string of the molecule is O=C(O)c1ccc(NC(=O)c2ccc(=O)oc2)c(Br)c1. The molecule has 0 aliphatic rings. The summed E-state index contributed by atoms with van der Waals surface area (Å²) in [6.07, 6.45) is 1.05. The summed E-state index contributed by atoms with van der Waals surface area (Å²) in [6.45, 7) is 0. The molecule has 1 aromatic heterocycles. The van der Waals surface area contributed by atoms with E-state index in [-0.39, 0.29) is 11.1 Å². The average molecular weight is 338 g/mol. The van der Waals surface area contributed by atoms with Crippen molar-refractivity contribution in [3.63, 3.8) is 0 Å². The van der Waals surface area contributed by atoms with Gasteiger partial charge in [-0.2, -0.15) is 0 Å². The second-order valence-corrected chi connectivity index (χ2v) is 4.65. The molecule has 1 heterocycles. The Morgan fingerprint density at radius 3 is 2.40 bits per heavy atom. The fraction of sp³-hybridized carbons (Fsp3) is 0. The van der Waals surface area contributed by atoms with E-state index in [2.05, 4.69) is 25.7 Å². The highest BCUT2D eigenvalue weighted by molar-refractivity contribution is 9.10. The molecule has 102 valence electrons. The van der Waals surface area contributed by atoms with Crippen molar-refractivity contribution in [1.82, 2.24) is 0 Å². The second-order valence-electron chi connectivity index (χ2n) is 3.80. The standard InChI is InChI=1S/C13H8BrNO5/c14-9-5-7(13(18)19)1-3-10(9)15-12(17)8-2-4-11(16)20-6-8/h1-6H,(H,15,17)(H,18,19). The first-order valence-corrected chi connectivity index (χ1v) is 6.20. The fourth-order valence-electron chi connectivity index (χ4n) is 1.43. The molecule has 2 rings (SSSR count). The maximum absolute atomic E-state index is 11.9. The molecule has 0 saturated heterocycles. The van der Waals surface area contributed by atoms with Gasteiger partial charge < -0.3 is 14.8 Å². The van der Waals surface area contributed by atoms with Gasteiger partial charge in [-0.15, -0.1) is 0 Å². The molecule has 1 amide bonds. The van der Waals surface area contributed by atoms with Gasteiger partial charge in [0.1, 0.15) is 6.26 Å². The summed E-state index contributed by atoms with van der Waals surface area (Å²) in [4.78, 5) is 33.5. The summed E-state index contributed by atoms with van der Waals surface area (Å²) in [7, 11) is 0. The molecule has 20 heavy (non-hydrogen) atoms. The van der Waals surface area contributed by atoms with Gasteiger partial charge in [0.05, 0.1) is 16.8 Å². The summed E-state index contributed by atoms with van der Waals surface area (Å²) in [5.41, 5.74) is 0.138. The van der Waals surface area contributed by atoms with Gasteiger partial charge in [-0.1, -0.05) is 0 Å². The van der Waals surface area contributed by atoms with Gasteiger partial charge in [0, 0.05) is 10.5 Å². The van der Waals surface area contributed by atoms with Crippen molar-refractivity contribution < 1.29 is 19.1 Å². The van der Waals surface area contributed by atoms with Crippen molar-refractivity contribution in [2.45, 2.75) is 0 Å². The van der Waals surface area contributed by atoms with Gasteiger partial charge in [0.25, 0.3) is 5.91 Å². The number of aromatic carboxylic acids is 1. The predicted octanol–water partition coefficient (Wildman–Crippen LogP) is 2.35. The highest BCUT2D eigenvalue weighted by atomic mass is 79.9. The molecule has 2 aromatic rings. The number of carbonyl (C=O) groups excluding carboxylic acids is 1. The molecule has 2 N–H and O–H groups in total. The molecule has 0 radical (unpaired) electrons. The summed E-state index contributed by atoms with van der Waals surface area (Å²) in [5, 5.41) is 11.4. The van der Waals surface area contributed by atoms with Crippen molar-refractivity contribution >= 4 is 33.5 Å². The topological polar surface area (TPSA) is 96.6 Å². The van der Waals surface area contributed by atoms with Crippen molar-refractivity contribution in [1.29, 1.82) is 0 Å². The smallest absolute Gasteiger partial charge is 0.335 e. The number of amides is 1. The van der Waals surface area contributed by atoms with Gasteiger partial charge in [0.15, 0.2) is 0 Å². The molecule has 6 nitrogen and oxygen atoms in total. The van der Waals surface area contributed by atoms with Crippen LogP contribution in [0.5, 0.6) is 0 Å². The summed E-state index contributed by atoms with van der Waals surface area (Å²) >= 11 is 3.18. The van der Waals surface area contributed by atoms with Crippen LogP contribution in [-0.4, -0.2) is 17.0 Å². The van der Waals surface area contributed by atoms with Crippen LogP contribution in [0.2, 0.25) is 0 Å². The molecule has 0 unspecified atom stereocenters. The van der Waals surface area contributed by atoms with Crippen molar-refractivity contribution in [2.24, 2.45) is 0 Å². The number of carboxylic acids is 1. The van der Waals surface area contributed by atoms with Crippen LogP contribution < -0.4 is 10.9 Å². The average Bonchev–Trinajstić information content (AvgIpc) is 2.41. The van der Waals surface area contributed by atoms with Crippen LogP contribution in [0.4, 0.5) is 5.69 Å². The fourth-order valence-corrected chi connectivity index (χ4v) is 1.91. The maximum Gasteiger partial charge on any atom is 0.335 e. The van der Waals surface area contributed by atoms with Crippen molar-refractivity contribution in [2.75, 3.05) is 5.32 Å². The lowest BCUT2D eigenvalue weighted by Gasteiger charge is -2.07. The molecule has 1 aromatic carbocycles. The largest absolute Gasteiger partial charge is 0.478 e. The second kappa shape index (κ2) is 5.70. The third-order valence-corrected chi connectivity index (χ3v) is 3.08. The Labute approximate surface area is 121 Å². The Hall–Kier alpha value is -2.41. The Bertz CT molecular complexity index is 717. The van der Waals surface area contributed by atoms with Crippen LogP contribution >= 0.6 is 15.9 Å².